The summed E-state index contributed by atoms with van der Waals surface area (Å²) in [6.07, 6.45) is 0.422. The lowest BCUT2D eigenvalue weighted by molar-refractivity contribution is 0.217. The van der Waals surface area contributed by atoms with Gasteiger partial charge in [-0.15, -0.1) is 0 Å². The summed E-state index contributed by atoms with van der Waals surface area (Å²) >= 11 is 5.71. The summed E-state index contributed by atoms with van der Waals surface area (Å²) in [7, 11) is -3.41. The van der Waals surface area contributed by atoms with E-state index in [0.717, 1.165) is 0 Å². The standard InChI is InChI=1S/C11H14ClNO3S/c12-8-1-3-9(4-2-8)17(15,16)10-5-11(10,6-13)7-14/h1-4,10,14H,5-7,13H2/t10-,11+/m1/s1. The Labute approximate surface area is 105 Å². The molecule has 0 aliphatic heterocycles. The molecule has 3 N–H and O–H groups in total. The smallest absolute Gasteiger partial charge is 0.181 e. The Morgan fingerprint density at radius 3 is 2.41 bits per heavy atom. The zero-order valence-electron chi connectivity index (χ0n) is 9.14. The van der Waals surface area contributed by atoms with Gasteiger partial charge in [-0.1, -0.05) is 11.6 Å². The Hall–Kier alpha value is -0.620. The fraction of sp³-hybridized carbons (Fsp3) is 0.455. The van der Waals surface area contributed by atoms with Gasteiger partial charge < -0.3 is 10.8 Å². The molecule has 0 spiro atoms. The number of hydrogen-bond donors (Lipinski definition) is 2. The van der Waals surface area contributed by atoms with Gasteiger partial charge in [0.15, 0.2) is 9.84 Å². The summed E-state index contributed by atoms with van der Waals surface area (Å²) in [5.74, 6) is 0. The van der Waals surface area contributed by atoms with Gasteiger partial charge in [-0.05, 0) is 30.7 Å². The van der Waals surface area contributed by atoms with E-state index in [9.17, 15) is 13.5 Å². The molecule has 1 fully saturated rings. The Balaban J connectivity index is 2.30. The van der Waals surface area contributed by atoms with Crippen molar-refractivity contribution >= 4 is 21.4 Å². The van der Waals surface area contributed by atoms with Gasteiger partial charge in [0.25, 0.3) is 0 Å². The quantitative estimate of drug-likeness (QED) is 0.853. The third-order valence-corrected chi connectivity index (χ3v) is 5.95. The number of nitrogens with two attached hydrogens (primary N) is 1. The van der Waals surface area contributed by atoms with E-state index in [1.54, 1.807) is 12.1 Å². The van der Waals surface area contributed by atoms with Crippen LogP contribution in [-0.2, 0) is 9.84 Å². The van der Waals surface area contributed by atoms with Gasteiger partial charge in [-0.3, -0.25) is 0 Å². The molecule has 0 saturated heterocycles. The minimum absolute atomic E-state index is 0.182. The van der Waals surface area contributed by atoms with Crippen LogP contribution in [-0.4, -0.2) is 31.9 Å². The molecule has 17 heavy (non-hydrogen) atoms. The van der Waals surface area contributed by atoms with Crippen LogP contribution in [0.1, 0.15) is 6.42 Å². The number of hydrogen-bond acceptors (Lipinski definition) is 4. The van der Waals surface area contributed by atoms with Crippen molar-refractivity contribution < 1.29 is 13.5 Å². The van der Waals surface area contributed by atoms with Gasteiger partial charge in [0.2, 0.25) is 0 Å². The Morgan fingerprint density at radius 2 is 2.00 bits per heavy atom. The van der Waals surface area contributed by atoms with Crippen LogP contribution in [0.4, 0.5) is 0 Å². The molecule has 1 aromatic carbocycles. The SMILES string of the molecule is NC[C@]1(CO)C[C@H]1S(=O)(=O)c1ccc(Cl)cc1. The number of benzene rings is 1. The molecule has 94 valence electrons. The van der Waals surface area contributed by atoms with Gasteiger partial charge in [0.05, 0.1) is 16.8 Å². The predicted octanol–water partition coefficient (Wildman–Crippen LogP) is 0.823. The number of aliphatic hydroxyl groups excluding tert-OH is 1. The van der Waals surface area contributed by atoms with Crippen molar-refractivity contribution in [2.75, 3.05) is 13.2 Å². The lowest BCUT2D eigenvalue weighted by atomic mass is 10.1. The van der Waals surface area contributed by atoms with Crippen molar-refractivity contribution in [1.82, 2.24) is 0 Å². The summed E-state index contributed by atoms with van der Waals surface area (Å²) in [6, 6.07) is 6.04. The van der Waals surface area contributed by atoms with E-state index >= 15 is 0 Å². The molecule has 0 bridgehead atoms. The van der Waals surface area contributed by atoms with Crippen molar-refractivity contribution in [3.05, 3.63) is 29.3 Å². The minimum Gasteiger partial charge on any atom is -0.396 e. The Morgan fingerprint density at radius 1 is 1.41 bits per heavy atom. The van der Waals surface area contributed by atoms with Crippen LogP contribution in [0.25, 0.3) is 0 Å². The van der Waals surface area contributed by atoms with E-state index in [0.29, 0.717) is 11.4 Å². The van der Waals surface area contributed by atoms with Gasteiger partial charge in [-0.2, -0.15) is 0 Å². The first kappa shape index (κ1) is 12.8. The van der Waals surface area contributed by atoms with Gasteiger partial charge in [0.1, 0.15) is 0 Å². The molecule has 0 radical (unpaired) electrons. The van der Waals surface area contributed by atoms with E-state index in [-0.39, 0.29) is 18.0 Å². The number of aliphatic hydroxyl groups is 1. The van der Waals surface area contributed by atoms with Crippen LogP contribution in [0.5, 0.6) is 0 Å². The van der Waals surface area contributed by atoms with Crippen LogP contribution in [0.3, 0.4) is 0 Å². The molecule has 1 aromatic rings. The summed E-state index contributed by atoms with van der Waals surface area (Å²) in [4.78, 5) is 0.232. The largest absolute Gasteiger partial charge is 0.396 e. The van der Waals surface area contributed by atoms with Gasteiger partial charge >= 0.3 is 0 Å². The van der Waals surface area contributed by atoms with Crippen LogP contribution in [0, 0.1) is 5.41 Å². The monoisotopic (exact) mass is 275 g/mol. The zero-order chi connectivity index (χ0) is 12.7. The number of rotatable bonds is 4. The normalized spacial score (nSPS) is 28.1. The first-order valence-electron chi connectivity index (χ1n) is 5.27. The third-order valence-electron chi connectivity index (χ3n) is 3.35. The maximum atomic E-state index is 12.2. The highest BCUT2D eigenvalue weighted by Gasteiger charge is 2.60. The van der Waals surface area contributed by atoms with Gasteiger partial charge in [-0.25, -0.2) is 8.42 Å². The van der Waals surface area contributed by atoms with Crippen molar-refractivity contribution in [3.8, 4) is 0 Å². The molecule has 1 aliphatic rings. The first-order chi connectivity index (χ1) is 7.96. The predicted molar refractivity (Wildman–Crippen MR) is 65.6 cm³/mol. The van der Waals surface area contributed by atoms with E-state index in [1.807, 2.05) is 0 Å². The maximum absolute atomic E-state index is 12.2. The second-order valence-electron chi connectivity index (χ2n) is 4.42. The van der Waals surface area contributed by atoms with Crippen LogP contribution >= 0.6 is 11.6 Å². The van der Waals surface area contributed by atoms with Crippen molar-refractivity contribution in [1.29, 1.82) is 0 Å². The average Bonchev–Trinajstić information content (AvgIpc) is 3.06. The maximum Gasteiger partial charge on any atom is 0.181 e. The second kappa shape index (κ2) is 4.24. The second-order valence-corrected chi connectivity index (χ2v) is 6.98. The van der Waals surface area contributed by atoms with Crippen molar-refractivity contribution in [2.24, 2.45) is 11.1 Å². The van der Waals surface area contributed by atoms with E-state index in [4.69, 9.17) is 17.3 Å². The summed E-state index contributed by atoms with van der Waals surface area (Å²) in [5.41, 5.74) is 4.87. The van der Waals surface area contributed by atoms with Crippen LogP contribution in [0.2, 0.25) is 5.02 Å². The molecule has 0 heterocycles. The van der Waals surface area contributed by atoms with Crippen LogP contribution in [0.15, 0.2) is 29.2 Å². The van der Waals surface area contributed by atoms with Gasteiger partial charge in [0, 0.05) is 17.0 Å². The van der Waals surface area contributed by atoms with E-state index < -0.39 is 20.5 Å². The molecule has 0 unspecified atom stereocenters. The van der Waals surface area contributed by atoms with Crippen LogP contribution < -0.4 is 5.73 Å². The van der Waals surface area contributed by atoms with Crippen molar-refractivity contribution in [2.45, 2.75) is 16.6 Å². The highest BCUT2D eigenvalue weighted by Crippen LogP contribution is 2.51. The molecule has 1 saturated carbocycles. The molecule has 6 heteroatoms. The van der Waals surface area contributed by atoms with E-state index in [1.165, 1.54) is 12.1 Å². The highest BCUT2D eigenvalue weighted by molar-refractivity contribution is 7.92. The molecular formula is C11H14ClNO3S. The molecule has 2 atom stereocenters. The summed E-state index contributed by atoms with van der Waals surface area (Å²) in [6.45, 7) is -0.0119. The molecule has 1 aliphatic carbocycles. The fourth-order valence-electron chi connectivity index (χ4n) is 1.98. The highest BCUT2D eigenvalue weighted by atomic mass is 35.5. The minimum atomic E-state index is -3.41. The Bertz CT molecular complexity index is 508. The summed E-state index contributed by atoms with van der Waals surface area (Å²) in [5, 5.41) is 9.13. The number of sulfone groups is 1. The number of halogens is 1. The summed E-state index contributed by atoms with van der Waals surface area (Å²) < 4.78 is 24.5. The topological polar surface area (TPSA) is 80.4 Å². The molecular weight excluding hydrogens is 262 g/mol. The van der Waals surface area contributed by atoms with Crippen molar-refractivity contribution in [3.63, 3.8) is 0 Å². The molecule has 4 nitrogen and oxygen atoms in total. The average molecular weight is 276 g/mol. The lowest BCUT2D eigenvalue weighted by Crippen LogP contribution is -2.27. The molecule has 2 rings (SSSR count). The lowest BCUT2D eigenvalue weighted by Gasteiger charge is -2.11. The first-order valence-corrected chi connectivity index (χ1v) is 7.19. The molecule has 0 aromatic heterocycles. The zero-order valence-corrected chi connectivity index (χ0v) is 10.7. The fourth-order valence-corrected chi connectivity index (χ4v) is 4.33. The van der Waals surface area contributed by atoms with E-state index in [2.05, 4.69) is 0 Å². The Kier molecular flexibility index (Phi) is 3.20. The third kappa shape index (κ3) is 2.08. The molecule has 0 amide bonds.